The number of hydrogen-bond donors (Lipinski definition) is 1. The first-order chi connectivity index (χ1) is 12.8. The van der Waals surface area contributed by atoms with Gasteiger partial charge >= 0.3 is 0 Å². The molecule has 0 aromatic heterocycles. The Bertz CT molecular complexity index is 718. The van der Waals surface area contributed by atoms with E-state index in [0.29, 0.717) is 6.54 Å². The van der Waals surface area contributed by atoms with E-state index in [1.807, 2.05) is 52.0 Å². The number of carbonyl (C=O) groups is 1. The van der Waals surface area contributed by atoms with Crippen molar-refractivity contribution in [1.82, 2.24) is 5.32 Å². The molecule has 0 saturated heterocycles. The molecule has 4 nitrogen and oxygen atoms in total. The SMILES string of the molecule is Cc1cc(C)cc(O[C@@H](C)C(=O)NCCCc2ccc(OC(C)C)cc2)c1. The van der Waals surface area contributed by atoms with Crippen molar-refractivity contribution in [3.63, 3.8) is 0 Å². The molecule has 0 bridgehead atoms. The van der Waals surface area contributed by atoms with E-state index in [2.05, 4.69) is 23.5 Å². The van der Waals surface area contributed by atoms with Crippen LogP contribution < -0.4 is 14.8 Å². The van der Waals surface area contributed by atoms with E-state index in [1.54, 1.807) is 6.92 Å². The monoisotopic (exact) mass is 369 g/mol. The zero-order chi connectivity index (χ0) is 19.8. The number of ether oxygens (including phenoxy) is 2. The van der Waals surface area contributed by atoms with Gasteiger partial charge in [-0.25, -0.2) is 0 Å². The van der Waals surface area contributed by atoms with Crippen molar-refractivity contribution in [3.05, 3.63) is 59.2 Å². The number of carbonyl (C=O) groups excluding carboxylic acids is 1. The quantitative estimate of drug-likeness (QED) is 0.657. The minimum absolute atomic E-state index is 0.0881. The molecule has 2 aromatic rings. The smallest absolute Gasteiger partial charge is 0.260 e. The van der Waals surface area contributed by atoms with E-state index in [-0.39, 0.29) is 12.0 Å². The lowest BCUT2D eigenvalue weighted by molar-refractivity contribution is -0.127. The molecule has 0 radical (unpaired) electrons. The Balaban J connectivity index is 1.72. The van der Waals surface area contributed by atoms with Crippen molar-refractivity contribution >= 4 is 5.91 Å². The number of amides is 1. The fraction of sp³-hybridized carbons (Fsp3) is 0.435. The molecule has 0 saturated carbocycles. The topological polar surface area (TPSA) is 47.6 Å². The van der Waals surface area contributed by atoms with Crippen LogP contribution in [0.3, 0.4) is 0 Å². The molecule has 1 N–H and O–H groups in total. The predicted molar refractivity (Wildman–Crippen MR) is 110 cm³/mol. The summed E-state index contributed by atoms with van der Waals surface area (Å²) in [5, 5.41) is 2.95. The normalized spacial score (nSPS) is 11.9. The molecule has 2 rings (SSSR count). The van der Waals surface area contributed by atoms with Crippen molar-refractivity contribution in [2.24, 2.45) is 0 Å². The first kappa shape index (κ1) is 20.8. The summed E-state index contributed by atoms with van der Waals surface area (Å²) in [6, 6.07) is 14.1. The molecule has 0 heterocycles. The lowest BCUT2D eigenvalue weighted by atomic mass is 10.1. The fourth-order valence-electron chi connectivity index (χ4n) is 2.91. The average molecular weight is 370 g/mol. The average Bonchev–Trinajstić information content (AvgIpc) is 2.58. The zero-order valence-corrected chi connectivity index (χ0v) is 17.0. The Morgan fingerprint density at radius 3 is 2.15 bits per heavy atom. The van der Waals surface area contributed by atoms with Gasteiger partial charge in [0.05, 0.1) is 6.10 Å². The first-order valence-corrected chi connectivity index (χ1v) is 9.62. The molecule has 0 unspecified atom stereocenters. The summed E-state index contributed by atoms with van der Waals surface area (Å²) in [4.78, 5) is 12.2. The van der Waals surface area contributed by atoms with Crippen LogP contribution in [0.15, 0.2) is 42.5 Å². The van der Waals surface area contributed by atoms with Crippen LogP contribution >= 0.6 is 0 Å². The third kappa shape index (κ3) is 7.33. The second-order valence-corrected chi connectivity index (χ2v) is 7.29. The lowest BCUT2D eigenvalue weighted by Crippen LogP contribution is -2.37. The third-order valence-corrected chi connectivity index (χ3v) is 4.11. The molecule has 0 aliphatic rings. The Hall–Kier alpha value is -2.49. The lowest BCUT2D eigenvalue weighted by Gasteiger charge is -2.15. The van der Waals surface area contributed by atoms with Crippen LogP contribution in [-0.4, -0.2) is 24.7 Å². The van der Waals surface area contributed by atoms with Gasteiger partial charge in [-0.3, -0.25) is 4.79 Å². The van der Waals surface area contributed by atoms with Gasteiger partial charge < -0.3 is 14.8 Å². The van der Waals surface area contributed by atoms with Gasteiger partial charge in [-0.05, 0) is 88.4 Å². The second-order valence-electron chi connectivity index (χ2n) is 7.29. The van der Waals surface area contributed by atoms with Gasteiger partial charge in [0, 0.05) is 6.54 Å². The molecule has 0 aliphatic carbocycles. The van der Waals surface area contributed by atoms with Gasteiger partial charge in [0.2, 0.25) is 0 Å². The van der Waals surface area contributed by atoms with E-state index in [4.69, 9.17) is 9.47 Å². The summed E-state index contributed by atoms with van der Waals surface area (Å²) in [6.07, 6.45) is 1.46. The highest BCUT2D eigenvalue weighted by molar-refractivity contribution is 5.80. The Morgan fingerprint density at radius 1 is 0.926 bits per heavy atom. The number of aryl methyl sites for hydroxylation is 3. The number of nitrogens with one attached hydrogen (secondary N) is 1. The van der Waals surface area contributed by atoms with Crippen LogP contribution in [0, 0.1) is 13.8 Å². The van der Waals surface area contributed by atoms with Gasteiger partial charge in [-0.15, -0.1) is 0 Å². The second kappa shape index (κ2) is 10.0. The maximum absolute atomic E-state index is 12.2. The molecule has 0 spiro atoms. The van der Waals surface area contributed by atoms with Gasteiger partial charge in [-0.2, -0.15) is 0 Å². The van der Waals surface area contributed by atoms with E-state index in [9.17, 15) is 4.79 Å². The standard InChI is InChI=1S/C23H31NO3/c1-16(2)26-21-10-8-20(9-11-21)7-6-12-24-23(25)19(5)27-22-14-17(3)13-18(4)15-22/h8-11,13-16,19H,6-7,12H2,1-5H3,(H,24,25)/t19-/m0/s1. The van der Waals surface area contributed by atoms with Gasteiger partial charge in [0.25, 0.3) is 5.91 Å². The highest BCUT2D eigenvalue weighted by Crippen LogP contribution is 2.18. The molecule has 146 valence electrons. The summed E-state index contributed by atoms with van der Waals surface area (Å²) in [5.41, 5.74) is 3.49. The maximum atomic E-state index is 12.2. The summed E-state index contributed by atoms with van der Waals surface area (Å²) in [7, 11) is 0. The third-order valence-electron chi connectivity index (χ3n) is 4.11. The van der Waals surface area contributed by atoms with E-state index in [0.717, 1.165) is 35.5 Å². The highest BCUT2D eigenvalue weighted by atomic mass is 16.5. The molecule has 2 aromatic carbocycles. The van der Waals surface area contributed by atoms with Crippen LogP contribution in [0.5, 0.6) is 11.5 Å². The van der Waals surface area contributed by atoms with Crippen molar-refractivity contribution in [1.29, 1.82) is 0 Å². The molecule has 4 heteroatoms. The number of benzene rings is 2. The van der Waals surface area contributed by atoms with Gasteiger partial charge in [0.1, 0.15) is 11.5 Å². The van der Waals surface area contributed by atoms with Crippen molar-refractivity contribution < 1.29 is 14.3 Å². The predicted octanol–water partition coefficient (Wildman–Crippen LogP) is 4.61. The molecular formula is C23H31NO3. The highest BCUT2D eigenvalue weighted by Gasteiger charge is 2.14. The molecular weight excluding hydrogens is 338 g/mol. The van der Waals surface area contributed by atoms with E-state index in [1.165, 1.54) is 5.56 Å². The minimum Gasteiger partial charge on any atom is -0.491 e. The zero-order valence-electron chi connectivity index (χ0n) is 17.0. The van der Waals surface area contributed by atoms with Crippen molar-refractivity contribution in [2.75, 3.05) is 6.54 Å². The molecule has 27 heavy (non-hydrogen) atoms. The Kier molecular flexibility index (Phi) is 7.71. The number of rotatable bonds is 9. The summed E-state index contributed by atoms with van der Waals surface area (Å²) < 4.78 is 11.4. The molecule has 0 fully saturated rings. The Morgan fingerprint density at radius 2 is 1.56 bits per heavy atom. The van der Waals surface area contributed by atoms with Crippen molar-refractivity contribution in [2.45, 2.75) is 59.7 Å². The van der Waals surface area contributed by atoms with Crippen LogP contribution in [0.2, 0.25) is 0 Å². The summed E-state index contributed by atoms with van der Waals surface area (Å²) in [6.45, 7) is 10.5. The largest absolute Gasteiger partial charge is 0.491 e. The van der Waals surface area contributed by atoms with Crippen LogP contribution in [0.1, 0.15) is 43.9 Å². The molecule has 0 aliphatic heterocycles. The van der Waals surface area contributed by atoms with E-state index >= 15 is 0 Å². The summed E-state index contributed by atoms with van der Waals surface area (Å²) >= 11 is 0. The maximum Gasteiger partial charge on any atom is 0.260 e. The number of hydrogen-bond acceptors (Lipinski definition) is 3. The Labute approximate surface area is 162 Å². The fourth-order valence-corrected chi connectivity index (χ4v) is 2.91. The van der Waals surface area contributed by atoms with E-state index < -0.39 is 6.10 Å². The minimum atomic E-state index is -0.515. The van der Waals surface area contributed by atoms with Crippen LogP contribution in [0.25, 0.3) is 0 Å². The van der Waals surface area contributed by atoms with Gasteiger partial charge in [-0.1, -0.05) is 18.2 Å². The molecule has 1 atom stereocenters. The summed E-state index contributed by atoms with van der Waals surface area (Å²) in [5.74, 6) is 1.54. The van der Waals surface area contributed by atoms with Crippen molar-refractivity contribution in [3.8, 4) is 11.5 Å². The molecule has 1 amide bonds. The van der Waals surface area contributed by atoms with Gasteiger partial charge in [0.15, 0.2) is 6.10 Å². The van der Waals surface area contributed by atoms with Crippen LogP contribution in [0.4, 0.5) is 0 Å². The first-order valence-electron chi connectivity index (χ1n) is 9.62. The van der Waals surface area contributed by atoms with Crippen LogP contribution in [-0.2, 0) is 11.2 Å².